The molecule has 0 unspecified atom stereocenters. The Morgan fingerprint density at radius 3 is 2.43 bits per heavy atom. The third-order valence-corrected chi connectivity index (χ3v) is 5.45. The maximum absolute atomic E-state index is 13.3. The molecular weight excluding hydrogens is 454 g/mol. The molecule has 1 heterocycles. The van der Waals surface area contributed by atoms with Gasteiger partial charge in [0.25, 0.3) is 17.5 Å². The topological polar surface area (TPSA) is 113 Å². The second-order valence-electron chi connectivity index (χ2n) is 6.73. The summed E-state index contributed by atoms with van der Waals surface area (Å²) in [5, 5.41) is 24.6. The summed E-state index contributed by atoms with van der Waals surface area (Å²) in [7, 11) is 0. The van der Waals surface area contributed by atoms with E-state index >= 15 is 0 Å². The van der Waals surface area contributed by atoms with Gasteiger partial charge < -0.3 is 10.4 Å². The number of hydrogen-bond acceptors (Lipinski definition) is 6. The molecule has 1 aliphatic heterocycles. The minimum atomic E-state index is -0.615. The van der Waals surface area contributed by atoms with E-state index in [0.717, 1.165) is 9.37 Å². The summed E-state index contributed by atoms with van der Waals surface area (Å²) in [5.41, 5.74) is 0.745. The number of aliphatic hydroxyl groups excluding tert-OH is 1. The van der Waals surface area contributed by atoms with Gasteiger partial charge in [-0.3, -0.25) is 19.7 Å². The van der Waals surface area contributed by atoms with Crippen LogP contribution >= 0.6 is 15.9 Å². The first-order valence-corrected chi connectivity index (χ1v) is 9.96. The van der Waals surface area contributed by atoms with Crippen LogP contribution in [-0.2, 0) is 0 Å². The molecule has 3 aromatic rings. The highest BCUT2D eigenvalue weighted by Crippen LogP contribution is 2.41. The van der Waals surface area contributed by atoms with Crippen molar-refractivity contribution < 1.29 is 19.6 Å². The molecule has 30 heavy (non-hydrogen) atoms. The number of carbonyl (C=O) groups is 2. The first-order chi connectivity index (χ1) is 14.4. The van der Waals surface area contributed by atoms with Crippen molar-refractivity contribution in [3.05, 3.63) is 74.2 Å². The van der Waals surface area contributed by atoms with Gasteiger partial charge in [-0.1, -0.05) is 28.1 Å². The molecule has 0 saturated heterocycles. The Morgan fingerprint density at radius 2 is 1.77 bits per heavy atom. The van der Waals surface area contributed by atoms with Crippen LogP contribution in [0.2, 0.25) is 0 Å². The van der Waals surface area contributed by atoms with Crippen molar-refractivity contribution in [2.24, 2.45) is 0 Å². The van der Waals surface area contributed by atoms with Crippen LogP contribution in [0.4, 0.5) is 17.1 Å². The lowest BCUT2D eigenvalue weighted by atomic mass is 9.91. The fraction of sp³-hybridized carbons (Fsp3) is 0.143. The number of imide groups is 1. The molecule has 3 aromatic carbocycles. The maximum Gasteiger partial charge on any atom is 0.293 e. The van der Waals surface area contributed by atoms with Gasteiger partial charge in [0.1, 0.15) is 5.69 Å². The number of anilines is 2. The second-order valence-corrected chi connectivity index (χ2v) is 7.65. The van der Waals surface area contributed by atoms with E-state index in [9.17, 15) is 19.7 Å². The lowest BCUT2D eigenvalue weighted by Crippen LogP contribution is -2.40. The molecule has 0 atom stereocenters. The van der Waals surface area contributed by atoms with E-state index in [0.29, 0.717) is 35.0 Å². The molecule has 1 aliphatic rings. The van der Waals surface area contributed by atoms with Crippen LogP contribution in [0, 0.1) is 10.1 Å². The van der Waals surface area contributed by atoms with Gasteiger partial charge in [-0.15, -0.1) is 0 Å². The fourth-order valence-electron chi connectivity index (χ4n) is 3.60. The lowest BCUT2D eigenvalue weighted by molar-refractivity contribution is -0.383. The van der Waals surface area contributed by atoms with Crippen LogP contribution in [0.25, 0.3) is 10.8 Å². The molecule has 2 amide bonds. The van der Waals surface area contributed by atoms with E-state index in [2.05, 4.69) is 21.2 Å². The molecule has 0 spiro atoms. The largest absolute Gasteiger partial charge is 0.396 e. The van der Waals surface area contributed by atoms with Crippen molar-refractivity contribution in [1.82, 2.24) is 0 Å². The molecule has 8 nitrogen and oxygen atoms in total. The third-order valence-electron chi connectivity index (χ3n) is 4.93. The molecule has 152 valence electrons. The molecule has 0 aliphatic carbocycles. The number of halogens is 1. The zero-order chi connectivity index (χ0) is 21.4. The van der Waals surface area contributed by atoms with Crippen LogP contribution in [0.1, 0.15) is 27.1 Å². The Bertz CT molecular complexity index is 1190. The van der Waals surface area contributed by atoms with Crippen LogP contribution in [0.3, 0.4) is 0 Å². The van der Waals surface area contributed by atoms with Gasteiger partial charge in [0.2, 0.25) is 0 Å². The van der Waals surface area contributed by atoms with Crippen molar-refractivity contribution in [1.29, 1.82) is 0 Å². The second kappa shape index (κ2) is 7.85. The summed E-state index contributed by atoms with van der Waals surface area (Å²) in [6.07, 6.45) is 0.398. The Morgan fingerprint density at radius 1 is 1.07 bits per heavy atom. The average molecular weight is 470 g/mol. The van der Waals surface area contributed by atoms with Gasteiger partial charge in [0, 0.05) is 40.0 Å². The van der Waals surface area contributed by atoms with Gasteiger partial charge in [-0.25, -0.2) is 4.90 Å². The van der Waals surface area contributed by atoms with Crippen LogP contribution in [0.15, 0.2) is 53.0 Å². The van der Waals surface area contributed by atoms with E-state index in [1.165, 1.54) is 6.07 Å². The van der Waals surface area contributed by atoms with E-state index in [1.807, 2.05) is 0 Å². The summed E-state index contributed by atoms with van der Waals surface area (Å²) < 4.78 is 0.792. The van der Waals surface area contributed by atoms with Gasteiger partial charge in [0.05, 0.1) is 16.2 Å². The molecule has 0 fully saturated rings. The minimum absolute atomic E-state index is 0.0683. The normalized spacial score (nSPS) is 13.1. The van der Waals surface area contributed by atoms with Crippen molar-refractivity contribution in [2.75, 3.05) is 23.4 Å². The number of benzene rings is 3. The Balaban J connectivity index is 1.94. The summed E-state index contributed by atoms with van der Waals surface area (Å²) in [4.78, 5) is 38.7. The highest BCUT2D eigenvalue weighted by Gasteiger charge is 2.36. The predicted molar refractivity (Wildman–Crippen MR) is 116 cm³/mol. The number of nitrogens with zero attached hydrogens (tertiary/aromatic N) is 2. The van der Waals surface area contributed by atoms with Gasteiger partial charge >= 0.3 is 0 Å². The maximum atomic E-state index is 13.3. The van der Waals surface area contributed by atoms with Crippen molar-refractivity contribution in [2.45, 2.75) is 6.42 Å². The summed E-state index contributed by atoms with van der Waals surface area (Å²) >= 11 is 3.32. The summed E-state index contributed by atoms with van der Waals surface area (Å²) in [6, 6.07) is 12.8. The van der Waals surface area contributed by atoms with Crippen LogP contribution in [-0.4, -0.2) is 35.0 Å². The van der Waals surface area contributed by atoms with E-state index < -0.39 is 16.7 Å². The molecule has 0 aromatic heterocycles. The van der Waals surface area contributed by atoms with Gasteiger partial charge in [0.15, 0.2) is 0 Å². The van der Waals surface area contributed by atoms with Crippen LogP contribution in [0.5, 0.6) is 0 Å². The number of nitro benzene ring substituents is 1. The van der Waals surface area contributed by atoms with Crippen molar-refractivity contribution in [3.8, 4) is 0 Å². The fourth-order valence-corrected chi connectivity index (χ4v) is 3.86. The van der Waals surface area contributed by atoms with Crippen LogP contribution < -0.4 is 10.2 Å². The SMILES string of the molecule is O=C1c2cccc3c(NCCCO)c([N+](=O)[O-])cc(c23)C(=O)N1c1ccc(Br)cc1. The number of carbonyl (C=O) groups excluding carboxylic acids is 2. The number of amides is 2. The number of aliphatic hydroxyl groups is 1. The Kier molecular flexibility index (Phi) is 5.23. The Hall–Kier alpha value is -3.30. The zero-order valence-electron chi connectivity index (χ0n) is 15.6. The highest BCUT2D eigenvalue weighted by atomic mass is 79.9. The molecular formula is C21H16BrN3O5. The predicted octanol–water partition coefficient (Wildman–Crippen LogP) is 4.11. The molecule has 0 radical (unpaired) electrons. The minimum Gasteiger partial charge on any atom is -0.396 e. The number of rotatable bonds is 6. The zero-order valence-corrected chi connectivity index (χ0v) is 17.2. The summed E-state index contributed by atoms with van der Waals surface area (Å²) in [5.74, 6) is -1.10. The summed E-state index contributed by atoms with van der Waals surface area (Å²) in [6.45, 7) is 0.240. The highest BCUT2D eigenvalue weighted by molar-refractivity contribution is 9.10. The molecule has 0 saturated carbocycles. The standard InChI is InChI=1S/C21H16BrN3O5/c22-12-5-7-13(8-6-12)24-20(27)15-4-1-3-14-18(15)16(21(24)28)11-17(25(29)30)19(14)23-9-2-10-26/h1,3-8,11,23,26H,2,9-10H2. The average Bonchev–Trinajstić information content (AvgIpc) is 2.73. The Labute approximate surface area is 179 Å². The first kappa shape index (κ1) is 20.0. The number of nitrogens with one attached hydrogen (secondary N) is 1. The van der Waals surface area contributed by atoms with Gasteiger partial charge in [-0.2, -0.15) is 0 Å². The monoisotopic (exact) mass is 469 g/mol. The molecule has 0 bridgehead atoms. The number of hydrogen-bond donors (Lipinski definition) is 2. The molecule has 2 N–H and O–H groups in total. The molecule has 9 heteroatoms. The van der Waals surface area contributed by atoms with Crippen molar-refractivity contribution >= 4 is 55.6 Å². The van der Waals surface area contributed by atoms with E-state index in [1.54, 1.807) is 42.5 Å². The quantitative estimate of drug-likeness (QED) is 0.243. The number of nitro groups is 1. The smallest absolute Gasteiger partial charge is 0.293 e. The van der Waals surface area contributed by atoms with Crippen molar-refractivity contribution in [3.63, 3.8) is 0 Å². The van der Waals surface area contributed by atoms with Gasteiger partial charge in [-0.05, 0) is 36.8 Å². The van der Waals surface area contributed by atoms with E-state index in [-0.39, 0.29) is 23.5 Å². The van der Waals surface area contributed by atoms with E-state index in [4.69, 9.17) is 5.11 Å². The first-order valence-electron chi connectivity index (χ1n) is 9.17. The lowest BCUT2D eigenvalue weighted by Gasteiger charge is -2.28. The molecule has 4 rings (SSSR count). The third kappa shape index (κ3) is 3.21.